The fourth-order valence-corrected chi connectivity index (χ4v) is 4.23. The molecule has 0 aliphatic carbocycles. The molecule has 4 rings (SSSR count). The number of benzene rings is 1. The molecule has 1 aromatic carbocycles. The number of carbonyl (C=O) groups excluding carboxylic acids is 2. The minimum Gasteiger partial charge on any atom is -0.338 e. The number of nitrogens with zero attached hydrogens (tertiary/aromatic N) is 4. The normalized spacial score (nSPS) is 18.9. The van der Waals surface area contributed by atoms with E-state index in [9.17, 15) is 9.59 Å². The number of likely N-dealkylation sites (tertiary alicyclic amines) is 1. The Bertz CT molecular complexity index is 911. The lowest BCUT2D eigenvalue weighted by molar-refractivity contribution is -0.131. The van der Waals surface area contributed by atoms with Gasteiger partial charge in [0.15, 0.2) is 5.82 Å². The molecular formula is C22H26N4O2. The van der Waals surface area contributed by atoms with Crippen LogP contribution < -0.4 is 0 Å². The average Bonchev–Trinajstić information content (AvgIpc) is 3.17. The van der Waals surface area contributed by atoms with Crippen LogP contribution in [-0.4, -0.2) is 44.7 Å². The van der Waals surface area contributed by atoms with Gasteiger partial charge in [0.1, 0.15) is 0 Å². The van der Waals surface area contributed by atoms with E-state index in [1.165, 1.54) is 5.56 Å². The molecule has 0 N–H and O–H groups in total. The van der Waals surface area contributed by atoms with Gasteiger partial charge in [0.2, 0.25) is 11.8 Å². The Morgan fingerprint density at radius 3 is 2.89 bits per heavy atom. The molecule has 0 radical (unpaired) electrons. The van der Waals surface area contributed by atoms with Crippen molar-refractivity contribution in [3.8, 4) is 0 Å². The second-order valence-electron chi connectivity index (χ2n) is 7.80. The van der Waals surface area contributed by atoms with Crippen LogP contribution in [0.3, 0.4) is 0 Å². The molecule has 1 aromatic heterocycles. The molecule has 6 heteroatoms. The Kier molecular flexibility index (Phi) is 5.11. The second-order valence-corrected chi connectivity index (χ2v) is 7.80. The lowest BCUT2D eigenvalue weighted by Crippen LogP contribution is -2.38. The summed E-state index contributed by atoms with van der Waals surface area (Å²) >= 11 is 0. The van der Waals surface area contributed by atoms with Gasteiger partial charge in [0.05, 0.1) is 18.2 Å². The van der Waals surface area contributed by atoms with E-state index >= 15 is 0 Å². The predicted octanol–water partition coefficient (Wildman–Crippen LogP) is 2.60. The summed E-state index contributed by atoms with van der Waals surface area (Å²) in [6, 6.07) is 8.08. The minimum absolute atomic E-state index is 0.0104. The van der Waals surface area contributed by atoms with Crippen molar-refractivity contribution >= 4 is 11.8 Å². The monoisotopic (exact) mass is 378 g/mol. The van der Waals surface area contributed by atoms with Gasteiger partial charge in [-0.3, -0.25) is 9.59 Å². The van der Waals surface area contributed by atoms with Gasteiger partial charge in [-0.15, -0.1) is 0 Å². The van der Waals surface area contributed by atoms with Crippen molar-refractivity contribution in [1.29, 1.82) is 0 Å². The van der Waals surface area contributed by atoms with Gasteiger partial charge < -0.3 is 9.80 Å². The summed E-state index contributed by atoms with van der Waals surface area (Å²) in [6.07, 6.45) is 4.91. The topological polar surface area (TPSA) is 66.4 Å². The highest BCUT2D eigenvalue weighted by molar-refractivity contribution is 5.79. The number of fused-ring (bicyclic) bond motifs is 1. The van der Waals surface area contributed by atoms with Crippen LogP contribution in [0.25, 0.3) is 0 Å². The lowest BCUT2D eigenvalue weighted by Gasteiger charge is -2.29. The zero-order valence-electron chi connectivity index (χ0n) is 16.5. The number of carbonyl (C=O) groups is 2. The summed E-state index contributed by atoms with van der Waals surface area (Å²) in [4.78, 5) is 37.6. The molecule has 6 nitrogen and oxygen atoms in total. The van der Waals surface area contributed by atoms with Crippen LogP contribution in [-0.2, 0) is 29.0 Å². The maximum Gasteiger partial charge on any atom is 0.227 e. The van der Waals surface area contributed by atoms with Crippen molar-refractivity contribution in [2.24, 2.45) is 0 Å². The van der Waals surface area contributed by atoms with Crippen LogP contribution in [0.1, 0.15) is 54.0 Å². The van der Waals surface area contributed by atoms with Gasteiger partial charge >= 0.3 is 0 Å². The Morgan fingerprint density at radius 1 is 1.25 bits per heavy atom. The van der Waals surface area contributed by atoms with E-state index in [1.807, 2.05) is 41.1 Å². The summed E-state index contributed by atoms with van der Waals surface area (Å²) < 4.78 is 0. The van der Waals surface area contributed by atoms with Crippen LogP contribution in [0.15, 0.2) is 30.5 Å². The Balaban J connectivity index is 1.46. The number of hydrogen-bond acceptors (Lipinski definition) is 4. The summed E-state index contributed by atoms with van der Waals surface area (Å²) in [5, 5.41) is 0. The molecule has 2 aliphatic rings. The van der Waals surface area contributed by atoms with E-state index in [0.29, 0.717) is 19.5 Å². The zero-order valence-corrected chi connectivity index (χ0v) is 16.5. The van der Waals surface area contributed by atoms with Crippen molar-refractivity contribution in [3.63, 3.8) is 0 Å². The fourth-order valence-electron chi connectivity index (χ4n) is 4.23. The molecule has 28 heavy (non-hydrogen) atoms. The molecule has 1 atom stereocenters. The van der Waals surface area contributed by atoms with Gasteiger partial charge in [0.25, 0.3) is 0 Å². The standard InChI is InChI=1S/C22H26N4O2/c1-15-5-3-6-17(11-15)12-21(28)25-10-8-19-18(14-25)13-23-22(24-19)20-7-4-9-26(20)16(2)27/h3,5-6,11,13,20H,4,7-10,12,14H2,1-2H3. The first-order valence-corrected chi connectivity index (χ1v) is 9.96. The van der Waals surface area contributed by atoms with Crippen LogP contribution in [0.5, 0.6) is 0 Å². The Labute approximate surface area is 165 Å². The maximum absolute atomic E-state index is 12.7. The van der Waals surface area contributed by atoms with Crippen molar-refractivity contribution in [2.45, 2.75) is 52.1 Å². The van der Waals surface area contributed by atoms with Gasteiger partial charge in [-0.1, -0.05) is 29.8 Å². The average molecular weight is 378 g/mol. The van der Waals surface area contributed by atoms with Gasteiger partial charge in [0, 0.05) is 44.7 Å². The third-order valence-corrected chi connectivity index (χ3v) is 5.70. The molecule has 2 aromatic rings. The number of aryl methyl sites for hydroxylation is 1. The molecular weight excluding hydrogens is 352 g/mol. The van der Waals surface area contributed by atoms with Crippen molar-refractivity contribution in [2.75, 3.05) is 13.1 Å². The molecule has 0 bridgehead atoms. The first-order valence-electron chi connectivity index (χ1n) is 9.96. The van der Waals surface area contributed by atoms with E-state index in [-0.39, 0.29) is 17.9 Å². The van der Waals surface area contributed by atoms with Gasteiger partial charge in [-0.05, 0) is 25.3 Å². The fraction of sp³-hybridized carbons (Fsp3) is 0.455. The molecule has 2 amide bonds. The van der Waals surface area contributed by atoms with Crippen molar-refractivity contribution < 1.29 is 9.59 Å². The number of rotatable bonds is 3. The Morgan fingerprint density at radius 2 is 2.11 bits per heavy atom. The lowest BCUT2D eigenvalue weighted by atomic mass is 10.0. The molecule has 1 fully saturated rings. The minimum atomic E-state index is -0.0104. The van der Waals surface area contributed by atoms with Crippen molar-refractivity contribution in [3.05, 3.63) is 58.7 Å². The maximum atomic E-state index is 12.7. The van der Waals surface area contributed by atoms with E-state index in [4.69, 9.17) is 4.98 Å². The van der Waals surface area contributed by atoms with Crippen LogP contribution >= 0.6 is 0 Å². The first-order chi connectivity index (χ1) is 13.5. The highest BCUT2D eigenvalue weighted by Gasteiger charge is 2.31. The third-order valence-electron chi connectivity index (χ3n) is 5.70. The molecule has 1 saturated heterocycles. The smallest absolute Gasteiger partial charge is 0.227 e. The van der Waals surface area contributed by atoms with E-state index < -0.39 is 0 Å². The van der Waals surface area contributed by atoms with Crippen LogP contribution in [0.4, 0.5) is 0 Å². The highest BCUT2D eigenvalue weighted by Crippen LogP contribution is 2.30. The third kappa shape index (κ3) is 3.77. The summed E-state index contributed by atoms with van der Waals surface area (Å²) in [5.41, 5.74) is 4.25. The first kappa shape index (κ1) is 18.6. The second kappa shape index (κ2) is 7.70. The zero-order chi connectivity index (χ0) is 19.7. The van der Waals surface area contributed by atoms with Gasteiger partial charge in [-0.25, -0.2) is 9.97 Å². The number of hydrogen-bond donors (Lipinski definition) is 0. The van der Waals surface area contributed by atoms with Crippen LogP contribution in [0, 0.1) is 6.92 Å². The van der Waals surface area contributed by atoms with Crippen LogP contribution in [0.2, 0.25) is 0 Å². The van der Waals surface area contributed by atoms with E-state index in [0.717, 1.165) is 48.5 Å². The number of aromatic nitrogens is 2. The molecule has 3 heterocycles. The summed E-state index contributed by atoms with van der Waals surface area (Å²) in [5.74, 6) is 0.960. The SMILES string of the molecule is CC(=O)N1CCCC1c1ncc2c(n1)CCN(C(=O)Cc1cccc(C)c1)C2. The predicted molar refractivity (Wildman–Crippen MR) is 105 cm³/mol. The highest BCUT2D eigenvalue weighted by atomic mass is 16.2. The molecule has 0 saturated carbocycles. The van der Waals surface area contributed by atoms with Gasteiger partial charge in [-0.2, -0.15) is 0 Å². The largest absolute Gasteiger partial charge is 0.338 e. The van der Waals surface area contributed by atoms with Crippen molar-refractivity contribution in [1.82, 2.24) is 19.8 Å². The molecule has 1 unspecified atom stereocenters. The van der Waals surface area contributed by atoms with E-state index in [2.05, 4.69) is 11.1 Å². The summed E-state index contributed by atoms with van der Waals surface area (Å²) in [6.45, 7) is 5.66. The molecule has 0 spiro atoms. The quantitative estimate of drug-likeness (QED) is 0.823. The van der Waals surface area contributed by atoms with E-state index in [1.54, 1.807) is 6.92 Å². The number of amides is 2. The molecule has 2 aliphatic heterocycles. The summed E-state index contributed by atoms with van der Waals surface area (Å²) in [7, 11) is 0. The Hall–Kier alpha value is -2.76. The molecule has 146 valence electrons.